The van der Waals surface area contributed by atoms with Gasteiger partial charge in [-0.05, 0) is 6.07 Å². The maximum Gasteiger partial charge on any atom is 0.260 e. The average Bonchev–Trinajstić information content (AvgIpc) is 2.75. The van der Waals surface area contributed by atoms with Gasteiger partial charge in [-0.15, -0.1) is 0 Å². The number of rotatable bonds is 0. The predicted molar refractivity (Wildman–Crippen MR) is 61.0 cm³/mol. The van der Waals surface area contributed by atoms with Gasteiger partial charge in [0.15, 0.2) is 0 Å². The van der Waals surface area contributed by atoms with Crippen LogP contribution in [0.4, 0.5) is 0 Å². The first-order valence-corrected chi connectivity index (χ1v) is 4.83. The molecule has 0 amide bonds. The molecule has 0 unspecified atom stereocenters. The molecule has 3 heteroatoms. The van der Waals surface area contributed by atoms with Gasteiger partial charge in [-0.1, -0.05) is 18.2 Å². The highest BCUT2D eigenvalue weighted by Gasteiger charge is 2.07. The van der Waals surface area contributed by atoms with E-state index in [1.807, 2.05) is 30.5 Å². The Morgan fingerprint density at radius 1 is 1.07 bits per heavy atom. The third-order valence-corrected chi connectivity index (χ3v) is 2.84. The Balaban J connectivity index is 2.77. The number of hydrogen-bond donors (Lipinski definition) is 1. The van der Waals surface area contributed by atoms with Crippen LogP contribution in [0.15, 0.2) is 41.5 Å². The molecule has 0 aliphatic rings. The summed E-state index contributed by atoms with van der Waals surface area (Å²) in [6, 6.07) is 7.92. The fraction of sp³-hybridized carbons (Fsp3) is 0.0833. The molecule has 0 aliphatic heterocycles. The van der Waals surface area contributed by atoms with Gasteiger partial charge in [0.25, 0.3) is 5.56 Å². The summed E-state index contributed by atoms with van der Waals surface area (Å²) in [4.78, 5) is 14.9. The number of fused-ring (bicyclic) bond motifs is 3. The SMILES string of the molecule is Cn1c(=O)c2c[nH]cc2c2ccccc21. The molecule has 74 valence electrons. The third-order valence-electron chi connectivity index (χ3n) is 2.84. The van der Waals surface area contributed by atoms with Crippen LogP contribution in [0, 0.1) is 0 Å². The standard InChI is InChI=1S/C12H10N2O/c1-14-11-5-3-2-4-8(11)9-6-13-7-10(9)12(14)15/h2-7,13H,1H3. The van der Waals surface area contributed by atoms with Crippen LogP contribution in [0.1, 0.15) is 0 Å². The number of nitrogens with one attached hydrogen (secondary N) is 1. The zero-order valence-corrected chi connectivity index (χ0v) is 8.32. The van der Waals surface area contributed by atoms with E-state index in [0.29, 0.717) is 0 Å². The molecule has 0 spiro atoms. The van der Waals surface area contributed by atoms with Gasteiger partial charge in [-0.25, -0.2) is 0 Å². The topological polar surface area (TPSA) is 37.8 Å². The smallest absolute Gasteiger partial charge is 0.260 e. The van der Waals surface area contributed by atoms with E-state index in [2.05, 4.69) is 4.98 Å². The van der Waals surface area contributed by atoms with Crippen molar-refractivity contribution in [1.29, 1.82) is 0 Å². The van der Waals surface area contributed by atoms with Crippen LogP contribution in [0.2, 0.25) is 0 Å². The summed E-state index contributed by atoms with van der Waals surface area (Å²) >= 11 is 0. The minimum absolute atomic E-state index is 0.0463. The van der Waals surface area contributed by atoms with Crippen LogP contribution >= 0.6 is 0 Å². The Morgan fingerprint density at radius 2 is 1.80 bits per heavy atom. The third kappa shape index (κ3) is 0.973. The van der Waals surface area contributed by atoms with E-state index in [0.717, 1.165) is 21.7 Å². The second-order valence-electron chi connectivity index (χ2n) is 3.66. The molecular weight excluding hydrogens is 188 g/mol. The minimum Gasteiger partial charge on any atom is -0.366 e. The van der Waals surface area contributed by atoms with Crippen LogP contribution in [0.5, 0.6) is 0 Å². The zero-order valence-electron chi connectivity index (χ0n) is 8.32. The number of para-hydroxylation sites is 1. The molecule has 15 heavy (non-hydrogen) atoms. The number of H-pyrrole nitrogens is 1. The summed E-state index contributed by atoms with van der Waals surface area (Å²) in [7, 11) is 1.80. The number of aryl methyl sites for hydroxylation is 1. The summed E-state index contributed by atoms with van der Waals surface area (Å²) in [5.41, 5.74) is 1.01. The van der Waals surface area contributed by atoms with E-state index in [4.69, 9.17) is 0 Å². The molecule has 0 aliphatic carbocycles. The van der Waals surface area contributed by atoms with Crippen molar-refractivity contribution in [2.45, 2.75) is 0 Å². The Hall–Kier alpha value is -2.03. The van der Waals surface area contributed by atoms with Gasteiger partial charge in [0.2, 0.25) is 0 Å². The molecule has 3 nitrogen and oxygen atoms in total. The van der Waals surface area contributed by atoms with E-state index in [1.54, 1.807) is 17.8 Å². The first-order chi connectivity index (χ1) is 7.29. The second-order valence-corrected chi connectivity index (χ2v) is 3.66. The Bertz CT molecular complexity index is 706. The van der Waals surface area contributed by atoms with Gasteiger partial charge in [-0.3, -0.25) is 4.79 Å². The second kappa shape index (κ2) is 2.73. The van der Waals surface area contributed by atoms with Gasteiger partial charge in [-0.2, -0.15) is 0 Å². The van der Waals surface area contributed by atoms with Crippen molar-refractivity contribution in [3.8, 4) is 0 Å². The normalized spacial score (nSPS) is 11.3. The molecule has 0 fully saturated rings. The van der Waals surface area contributed by atoms with Crippen molar-refractivity contribution < 1.29 is 0 Å². The summed E-state index contributed by atoms with van der Waals surface area (Å²) in [5.74, 6) is 0. The van der Waals surface area contributed by atoms with Gasteiger partial charge in [0.1, 0.15) is 0 Å². The predicted octanol–water partition coefficient (Wildman–Crippen LogP) is 2.02. The maximum absolute atomic E-state index is 11.9. The molecule has 2 aromatic heterocycles. The van der Waals surface area contributed by atoms with Crippen LogP contribution in [-0.2, 0) is 7.05 Å². The lowest BCUT2D eigenvalue weighted by Crippen LogP contribution is -2.16. The van der Waals surface area contributed by atoms with Crippen molar-refractivity contribution in [2.24, 2.45) is 7.05 Å². The first-order valence-electron chi connectivity index (χ1n) is 4.83. The van der Waals surface area contributed by atoms with Crippen LogP contribution in [0.3, 0.4) is 0 Å². The van der Waals surface area contributed by atoms with Gasteiger partial charge in [0.05, 0.1) is 10.9 Å². The lowest BCUT2D eigenvalue weighted by atomic mass is 10.1. The van der Waals surface area contributed by atoms with Crippen LogP contribution in [-0.4, -0.2) is 9.55 Å². The molecule has 1 N–H and O–H groups in total. The highest BCUT2D eigenvalue weighted by atomic mass is 16.1. The van der Waals surface area contributed by atoms with Gasteiger partial charge in [0, 0.05) is 30.2 Å². The number of aromatic nitrogens is 2. The summed E-state index contributed by atoms with van der Waals surface area (Å²) in [6.45, 7) is 0. The maximum atomic E-state index is 11.9. The quantitative estimate of drug-likeness (QED) is 0.589. The van der Waals surface area contributed by atoms with Crippen molar-refractivity contribution in [3.05, 3.63) is 47.0 Å². The molecular formula is C12H10N2O. The summed E-state index contributed by atoms with van der Waals surface area (Å²) in [5, 5.41) is 2.85. The van der Waals surface area contributed by atoms with E-state index < -0.39 is 0 Å². The molecule has 0 radical (unpaired) electrons. The highest BCUT2D eigenvalue weighted by Crippen LogP contribution is 2.21. The van der Waals surface area contributed by atoms with Crippen molar-refractivity contribution in [3.63, 3.8) is 0 Å². The van der Waals surface area contributed by atoms with Crippen molar-refractivity contribution in [1.82, 2.24) is 9.55 Å². The first kappa shape index (κ1) is 8.29. The number of nitrogens with zero attached hydrogens (tertiary/aromatic N) is 1. The van der Waals surface area contributed by atoms with E-state index in [1.165, 1.54) is 0 Å². The highest BCUT2D eigenvalue weighted by molar-refractivity contribution is 6.05. The molecule has 2 heterocycles. The van der Waals surface area contributed by atoms with Gasteiger partial charge >= 0.3 is 0 Å². The minimum atomic E-state index is 0.0463. The lowest BCUT2D eigenvalue weighted by Gasteiger charge is -2.05. The van der Waals surface area contributed by atoms with E-state index >= 15 is 0 Å². The molecule has 3 aromatic rings. The fourth-order valence-electron chi connectivity index (χ4n) is 2.05. The Morgan fingerprint density at radius 3 is 2.67 bits per heavy atom. The lowest BCUT2D eigenvalue weighted by molar-refractivity contribution is 0.919. The molecule has 0 saturated heterocycles. The number of benzene rings is 1. The van der Waals surface area contributed by atoms with Crippen molar-refractivity contribution in [2.75, 3.05) is 0 Å². The average molecular weight is 198 g/mol. The molecule has 0 atom stereocenters. The number of hydrogen-bond acceptors (Lipinski definition) is 1. The zero-order chi connectivity index (χ0) is 10.4. The Labute approximate surface area is 86.0 Å². The van der Waals surface area contributed by atoms with Crippen molar-refractivity contribution >= 4 is 21.7 Å². The fourth-order valence-corrected chi connectivity index (χ4v) is 2.05. The summed E-state index contributed by atoms with van der Waals surface area (Å²) < 4.78 is 1.69. The van der Waals surface area contributed by atoms with Crippen LogP contribution < -0.4 is 5.56 Å². The number of pyridine rings is 1. The monoisotopic (exact) mass is 198 g/mol. The molecule has 0 bridgehead atoms. The van der Waals surface area contributed by atoms with E-state index in [9.17, 15) is 4.79 Å². The largest absolute Gasteiger partial charge is 0.366 e. The number of aromatic amines is 1. The van der Waals surface area contributed by atoms with E-state index in [-0.39, 0.29) is 5.56 Å². The summed E-state index contributed by atoms with van der Waals surface area (Å²) in [6.07, 6.45) is 3.63. The molecule has 3 rings (SSSR count). The van der Waals surface area contributed by atoms with Crippen LogP contribution in [0.25, 0.3) is 21.7 Å². The van der Waals surface area contributed by atoms with Gasteiger partial charge < -0.3 is 9.55 Å². The molecule has 0 saturated carbocycles. The Kier molecular flexibility index (Phi) is 1.51. The molecule has 1 aromatic carbocycles.